The minimum atomic E-state index is -0.467. The van der Waals surface area contributed by atoms with Crippen molar-refractivity contribution in [1.82, 2.24) is 20.2 Å². The van der Waals surface area contributed by atoms with E-state index < -0.39 is 5.60 Å². The Kier molecular flexibility index (Phi) is 7.38. The predicted molar refractivity (Wildman–Crippen MR) is 87.6 cm³/mol. The van der Waals surface area contributed by atoms with Crippen molar-refractivity contribution in [2.75, 3.05) is 6.54 Å². The van der Waals surface area contributed by atoms with Gasteiger partial charge in [-0.25, -0.2) is 9.78 Å². The molecule has 0 fully saturated rings. The number of rotatable bonds is 8. The zero-order chi connectivity index (χ0) is 16.6. The average molecular weight is 310 g/mol. The number of alkyl carbamates (subject to hydrolysis) is 1. The summed E-state index contributed by atoms with van der Waals surface area (Å²) < 4.78 is 7.26. The lowest BCUT2D eigenvalue weighted by molar-refractivity contribution is 0.0521. The number of nitrogens with zero attached hydrogens (tertiary/aromatic N) is 2. The van der Waals surface area contributed by atoms with Crippen LogP contribution in [-0.2, 0) is 18.3 Å². The van der Waals surface area contributed by atoms with Crippen LogP contribution in [0, 0.1) is 0 Å². The van der Waals surface area contributed by atoms with E-state index in [0.717, 1.165) is 31.5 Å². The number of ether oxygens (including phenoxy) is 1. The number of carbonyl (C=O) groups excluding carboxylic acids is 1. The van der Waals surface area contributed by atoms with Gasteiger partial charge in [0.25, 0.3) is 0 Å². The number of amides is 1. The topological polar surface area (TPSA) is 68.2 Å². The van der Waals surface area contributed by atoms with Gasteiger partial charge in [-0.15, -0.1) is 0 Å². The minimum Gasteiger partial charge on any atom is -0.444 e. The van der Waals surface area contributed by atoms with Crippen LogP contribution in [0.5, 0.6) is 0 Å². The Morgan fingerprint density at radius 3 is 2.73 bits per heavy atom. The Bertz CT molecular complexity index is 451. The summed E-state index contributed by atoms with van der Waals surface area (Å²) in [6, 6.07) is 0.224. The molecule has 0 aliphatic carbocycles. The number of aromatic nitrogens is 2. The smallest absolute Gasteiger partial charge is 0.407 e. The fraction of sp³-hybridized carbons (Fsp3) is 0.750. The van der Waals surface area contributed by atoms with Gasteiger partial charge in [-0.1, -0.05) is 19.8 Å². The maximum absolute atomic E-state index is 11.7. The molecular weight excluding hydrogens is 280 g/mol. The zero-order valence-electron chi connectivity index (χ0n) is 14.5. The van der Waals surface area contributed by atoms with E-state index in [1.807, 2.05) is 38.6 Å². The van der Waals surface area contributed by atoms with Crippen LogP contribution >= 0.6 is 0 Å². The second kappa shape index (κ2) is 8.78. The zero-order valence-corrected chi connectivity index (χ0v) is 14.5. The van der Waals surface area contributed by atoms with Gasteiger partial charge < -0.3 is 19.9 Å². The lowest BCUT2D eigenvalue weighted by atomic mass is 10.1. The Morgan fingerprint density at radius 2 is 2.18 bits per heavy atom. The quantitative estimate of drug-likeness (QED) is 0.774. The number of aryl methyl sites for hydroxylation is 1. The summed E-state index contributed by atoms with van der Waals surface area (Å²) in [6.07, 6.45) is 6.55. The molecule has 0 aliphatic heterocycles. The molecule has 126 valence electrons. The highest BCUT2D eigenvalue weighted by Gasteiger charge is 2.17. The van der Waals surface area contributed by atoms with E-state index in [4.69, 9.17) is 4.74 Å². The van der Waals surface area contributed by atoms with Crippen LogP contribution < -0.4 is 10.6 Å². The molecule has 1 heterocycles. The molecule has 6 heteroatoms. The van der Waals surface area contributed by atoms with E-state index in [1.165, 1.54) is 0 Å². The first-order valence-corrected chi connectivity index (χ1v) is 7.97. The third kappa shape index (κ3) is 7.45. The van der Waals surface area contributed by atoms with E-state index in [9.17, 15) is 4.79 Å². The molecular formula is C16H30N4O2. The summed E-state index contributed by atoms with van der Waals surface area (Å²) >= 11 is 0. The van der Waals surface area contributed by atoms with Crippen LogP contribution in [0.3, 0.4) is 0 Å². The van der Waals surface area contributed by atoms with Gasteiger partial charge >= 0.3 is 6.09 Å². The van der Waals surface area contributed by atoms with Crippen LogP contribution in [0.4, 0.5) is 4.79 Å². The molecule has 6 nitrogen and oxygen atoms in total. The number of hydrogen-bond donors (Lipinski definition) is 2. The fourth-order valence-electron chi connectivity index (χ4n) is 2.05. The summed E-state index contributed by atoms with van der Waals surface area (Å²) in [4.78, 5) is 15.9. The molecule has 0 spiro atoms. The highest BCUT2D eigenvalue weighted by atomic mass is 16.6. The van der Waals surface area contributed by atoms with E-state index in [0.29, 0.717) is 6.54 Å². The first-order chi connectivity index (χ1) is 10.3. The molecule has 1 aromatic rings. The Labute approximate surface area is 133 Å². The minimum absolute atomic E-state index is 0.224. The predicted octanol–water partition coefficient (Wildman–Crippen LogP) is 2.59. The summed E-state index contributed by atoms with van der Waals surface area (Å²) in [5, 5.41) is 6.33. The summed E-state index contributed by atoms with van der Waals surface area (Å²) in [7, 11) is 1.98. The van der Waals surface area contributed by atoms with Crippen LogP contribution in [0.2, 0.25) is 0 Å². The standard InChI is InChI=1S/C16H30N4O2/c1-6-7-8-13(9-19-15(21)22-16(2,3)4)18-11-14-10-17-12-20(14)5/h10,12-13,18H,6-9,11H2,1-5H3,(H,19,21). The molecule has 0 aromatic carbocycles. The lowest BCUT2D eigenvalue weighted by Crippen LogP contribution is -2.42. The van der Waals surface area contributed by atoms with Crippen LogP contribution in [0.25, 0.3) is 0 Å². The van der Waals surface area contributed by atoms with E-state index >= 15 is 0 Å². The van der Waals surface area contributed by atoms with Crippen molar-refractivity contribution < 1.29 is 9.53 Å². The molecule has 1 unspecified atom stereocenters. The summed E-state index contributed by atoms with van der Waals surface area (Å²) in [5.74, 6) is 0. The number of nitrogens with one attached hydrogen (secondary N) is 2. The highest BCUT2D eigenvalue weighted by molar-refractivity contribution is 5.67. The Balaban J connectivity index is 2.43. The third-order valence-corrected chi connectivity index (χ3v) is 3.29. The van der Waals surface area contributed by atoms with Crippen LogP contribution in [0.15, 0.2) is 12.5 Å². The van der Waals surface area contributed by atoms with Gasteiger partial charge in [0.1, 0.15) is 5.60 Å². The van der Waals surface area contributed by atoms with Gasteiger partial charge in [-0.2, -0.15) is 0 Å². The normalized spacial score (nSPS) is 13.0. The largest absolute Gasteiger partial charge is 0.444 e. The van der Waals surface area contributed by atoms with Crippen molar-refractivity contribution in [2.45, 2.75) is 65.1 Å². The van der Waals surface area contributed by atoms with Crippen LogP contribution in [0.1, 0.15) is 52.7 Å². The van der Waals surface area contributed by atoms with Crippen molar-refractivity contribution in [3.05, 3.63) is 18.2 Å². The molecule has 0 saturated heterocycles. The molecule has 0 saturated carbocycles. The van der Waals surface area contributed by atoms with Gasteiger partial charge in [-0.05, 0) is 27.2 Å². The molecule has 0 bridgehead atoms. The van der Waals surface area contributed by atoms with Crippen molar-refractivity contribution in [3.8, 4) is 0 Å². The fourth-order valence-corrected chi connectivity index (χ4v) is 2.05. The molecule has 1 amide bonds. The van der Waals surface area contributed by atoms with Gasteiger partial charge in [-0.3, -0.25) is 0 Å². The summed E-state index contributed by atoms with van der Waals surface area (Å²) in [6.45, 7) is 9.05. The van der Waals surface area contributed by atoms with E-state index in [2.05, 4.69) is 22.5 Å². The van der Waals surface area contributed by atoms with Crippen molar-refractivity contribution in [2.24, 2.45) is 7.05 Å². The van der Waals surface area contributed by atoms with E-state index in [1.54, 1.807) is 6.33 Å². The first kappa shape index (κ1) is 18.5. The maximum Gasteiger partial charge on any atom is 0.407 e. The SMILES string of the molecule is CCCCC(CNC(=O)OC(C)(C)C)NCc1cncn1C. The lowest BCUT2D eigenvalue weighted by Gasteiger charge is -2.22. The van der Waals surface area contributed by atoms with Gasteiger partial charge in [0.05, 0.1) is 12.0 Å². The second-order valence-corrected chi connectivity index (χ2v) is 6.60. The van der Waals surface area contributed by atoms with Crippen LogP contribution in [-0.4, -0.2) is 33.8 Å². The second-order valence-electron chi connectivity index (χ2n) is 6.60. The first-order valence-electron chi connectivity index (χ1n) is 7.97. The number of imidazole rings is 1. The van der Waals surface area contributed by atoms with Crippen molar-refractivity contribution in [1.29, 1.82) is 0 Å². The monoisotopic (exact) mass is 310 g/mol. The Morgan fingerprint density at radius 1 is 1.45 bits per heavy atom. The molecule has 1 aromatic heterocycles. The number of hydrogen-bond acceptors (Lipinski definition) is 4. The van der Waals surface area contributed by atoms with Crippen molar-refractivity contribution in [3.63, 3.8) is 0 Å². The molecule has 2 N–H and O–H groups in total. The molecule has 22 heavy (non-hydrogen) atoms. The Hall–Kier alpha value is -1.56. The van der Waals surface area contributed by atoms with Gasteiger partial charge in [0.2, 0.25) is 0 Å². The molecule has 0 aliphatic rings. The van der Waals surface area contributed by atoms with Gasteiger partial charge in [0, 0.05) is 32.4 Å². The maximum atomic E-state index is 11.7. The average Bonchev–Trinajstić information content (AvgIpc) is 2.81. The number of carbonyl (C=O) groups is 1. The third-order valence-electron chi connectivity index (χ3n) is 3.29. The number of unbranched alkanes of at least 4 members (excludes halogenated alkanes) is 1. The highest BCUT2D eigenvalue weighted by Crippen LogP contribution is 2.07. The molecule has 1 rings (SSSR count). The van der Waals surface area contributed by atoms with Crippen molar-refractivity contribution >= 4 is 6.09 Å². The van der Waals surface area contributed by atoms with E-state index in [-0.39, 0.29) is 12.1 Å². The molecule has 0 radical (unpaired) electrons. The molecule has 1 atom stereocenters. The van der Waals surface area contributed by atoms with Gasteiger partial charge in [0.15, 0.2) is 0 Å². The summed E-state index contributed by atoms with van der Waals surface area (Å²) in [5.41, 5.74) is 0.657.